The Kier molecular flexibility index (Phi) is 5.84. The molecule has 0 unspecified atom stereocenters. The first-order chi connectivity index (χ1) is 21.1. The van der Waals surface area contributed by atoms with Crippen LogP contribution in [0.3, 0.4) is 0 Å². The number of rotatable bonds is 4. The van der Waals surface area contributed by atoms with Gasteiger partial charge in [0.1, 0.15) is 0 Å². The van der Waals surface area contributed by atoms with E-state index < -0.39 is 0 Å². The number of fused-ring (bicyclic) bond motifs is 5. The molecule has 0 spiro atoms. The van der Waals surface area contributed by atoms with E-state index in [0.717, 1.165) is 33.9 Å². The molecular weight excluding hydrogens is 520 g/mol. The zero-order valence-corrected chi connectivity index (χ0v) is 24.3. The van der Waals surface area contributed by atoms with Gasteiger partial charge in [-0.3, -0.25) is 0 Å². The van der Waals surface area contributed by atoms with Crippen molar-refractivity contribution in [2.45, 2.75) is 19.3 Å². The third-order valence-corrected chi connectivity index (χ3v) is 8.91. The molecule has 1 aliphatic carbocycles. The van der Waals surface area contributed by atoms with Gasteiger partial charge in [-0.25, -0.2) is 9.97 Å². The van der Waals surface area contributed by atoms with Crippen LogP contribution in [0.4, 0.5) is 0 Å². The number of benzene rings is 6. The van der Waals surface area contributed by atoms with Crippen LogP contribution in [0.5, 0.6) is 0 Å². The molecule has 1 aromatic heterocycles. The summed E-state index contributed by atoms with van der Waals surface area (Å²) in [5, 5.41) is 2.54. The summed E-state index contributed by atoms with van der Waals surface area (Å²) in [4.78, 5) is 10.4. The van der Waals surface area contributed by atoms with Gasteiger partial charge in [-0.15, -0.1) is 0 Å². The lowest BCUT2D eigenvalue weighted by atomic mass is 9.82. The summed E-state index contributed by atoms with van der Waals surface area (Å²) in [7, 11) is 0. The normalized spacial score (nSPS) is 13.1. The van der Waals surface area contributed by atoms with E-state index >= 15 is 0 Å². The highest BCUT2D eigenvalue weighted by atomic mass is 14.9. The second-order valence-electron chi connectivity index (χ2n) is 11.8. The molecule has 0 bridgehead atoms. The fourth-order valence-electron chi connectivity index (χ4n) is 6.68. The first-order valence-electron chi connectivity index (χ1n) is 14.8. The Morgan fingerprint density at radius 3 is 1.81 bits per heavy atom. The lowest BCUT2D eigenvalue weighted by molar-refractivity contribution is 0.661. The fraction of sp³-hybridized carbons (Fsp3) is 0.0732. The lowest BCUT2D eigenvalue weighted by Crippen LogP contribution is -2.14. The second-order valence-corrected chi connectivity index (χ2v) is 11.8. The molecule has 0 saturated heterocycles. The quantitative estimate of drug-likeness (QED) is 0.218. The standard InChI is InChI=1S/C41H30N2/c1-41(2)34-19-11-18-33(39(34)38-32-17-10-9-14-29(32)24-25-35(38)41)37-26-36(30-15-7-4-8-16-30)42-40(43-37)31-22-20-28(21-23-31)27-12-5-3-6-13-27/h3-26H,1-2H3. The maximum Gasteiger partial charge on any atom is 0.160 e. The number of hydrogen-bond acceptors (Lipinski definition) is 2. The Hall–Kier alpha value is -5.34. The fourth-order valence-corrected chi connectivity index (χ4v) is 6.68. The van der Waals surface area contributed by atoms with Crippen LogP contribution in [0.25, 0.3) is 66.9 Å². The smallest absolute Gasteiger partial charge is 0.160 e. The van der Waals surface area contributed by atoms with Crippen LogP contribution in [0.1, 0.15) is 25.0 Å². The van der Waals surface area contributed by atoms with E-state index in [-0.39, 0.29) is 5.41 Å². The summed E-state index contributed by atoms with van der Waals surface area (Å²) in [6.45, 7) is 4.68. The van der Waals surface area contributed by atoms with Gasteiger partial charge in [-0.05, 0) is 50.2 Å². The Labute approximate surface area is 252 Å². The minimum atomic E-state index is -0.115. The highest BCUT2D eigenvalue weighted by Gasteiger charge is 2.38. The van der Waals surface area contributed by atoms with E-state index in [1.54, 1.807) is 0 Å². The molecule has 0 amide bonds. The van der Waals surface area contributed by atoms with Crippen LogP contribution in [0, 0.1) is 0 Å². The van der Waals surface area contributed by atoms with Gasteiger partial charge in [-0.2, -0.15) is 0 Å². The van der Waals surface area contributed by atoms with Crippen molar-refractivity contribution in [2.24, 2.45) is 0 Å². The first-order valence-corrected chi connectivity index (χ1v) is 14.8. The van der Waals surface area contributed by atoms with E-state index in [2.05, 4.69) is 147 Å². The topological polar surface area (TPSA) is 25.8 Å². The summed E-state index contributed by atoms with van der Waals surface area (Å²) < 4.78 is 0. The van der Waals surface area contributed by atoms with Crippen molar-refractivity contribution in [1.29, 1.82) is 0 Å². The molecular formula is C41H30N2. The summed E-state index contributed by atoms with van der Waals surface area (Å²) in [5.74, 6) is 0.726. The van der Waals surface area contributed by atoms with Gasteiger partial charge in [0.2, 0.25) is 0 Å². The lowest BCUT2D eigenvalue weighted by Gasteiger charge is -2.21. The number of aromatic nitrogens is 2. The van der Waals surface area contributed by atoms with E-state index in [1.807, 2.05) is 12.1 Å². The monoisotopic (exact) mass is 550 g/mol. The molecule has 0 fully saturated rings. The van der Waals surface area contributed by atoms with Gasteiger partial charge in [0.05, 0.1) is 11.4 Å². The van der Waals surface area contributed by atoms with Crippen molar-refractivity contribution >= 4 is 10.8 Å². The van der Waals surface area contributed by atoms with Crippen molar-refractivity contribution in [3.63, 3.8) is 0 Å². The number of hydrogen-bond donors (Lipinski definition) is 0. The maximum absolute atomic E-state index is 5.27. The van der Waals surface area contributed by atoms with Gasteiger partial charge < -0.3 is 0 Å². The second kappa shape index (κ2) is 9.89. The molecule has 43 heavy (non-hydrogen) atoms. The Morgan fingerprint density at radius 2 is 1.05 bits per heavy atom. The van der Waals surface area contributed by atoms with Crippen LogP contribution >= 0.6 is 0 Å². The highest BCUT2D eigenvalue weighted by molar-refractivity contribution is 6.06. The predicted molar refractivity (Wildman–Crippen MR) is 179 cm³/mol. The molecule has 7 aromatic rings. The summed E-state index contributed by atoms with van der Waals surface area (Å²) >= 11 is 0. The van der Waals surface area contributed by atoms with E-state index in [0.29, 0.717) is 0 Å². The Morgan fingerprint density at radius 1 is 0.442 bits per heavy atom. The van der Waals surface area contributed by atoms with Crippen molar-refractivity contribution < 1.29 is 0 Å². The molecule has 0 radical (unpaired) electrons. The zero-order valence-electron chi connectivity index (χ0n) is 24.3. The third-order valence-electron chi connectivity index (χ3n) is 8.91. The Bertz CT molecular complexity index is 2130. The van der Waals surface area contributed by atoms with E-state index in [1.165, 1.54) is 44.2 Å². The molecule has 0 aliphatic heterocycles. The van der Waals surface area contributed by atoms with Gasteiger partial charge in [0, 0.05) is 22.1 Å². The van der Waals surface area contributed by atoms with Crippen LogP contribution in [0.15, 0.2) is 146 Å². The molecule has 204 valence electrons. The van der Waals surface area contributed by atoms with Crippen molar-refractivity contribution in [1.82, 2.24) is 9.97 Å². The SMILES string of the molecule is CC1(C)c2cccc(-c3cc(-c4ccccc4)nc(-c4ccc(-c5ccccc5)cc4)n3)c2-c2c1ccc1ccccc21. The minimum absolute atomic E-state index is 0.115. The molecule has 0 atom stereocenters. The maximum atomic E-state index is 5.27. The van der Waals surface area contributed by atoms with E-state index in [9.17, 15) is 0 Å². The molecule has 2 heteroatoms. The largest absolute Gasteiger partial charge is 0.228 e. The molecule has 8 rings (SSSR count). The summed E-state index contributed by atoms with van der Waals surface area (Å²) in [6, 6.07) is 51.6. The van der Waals surface area contributed by atoms with Gasteiger partial charge in [0.25, 0.3) is 0 Å². The van der Waals surface area contributed by atoms with Gasteiger partial charge >= 0.3 is 0 Å². The Balaban J connectivity index is 1.35. The molecule has 1 heterocycles. The molecule has 6 aromatic carbocycles. The number of nitrogens with zero attached hydrogens (tertiary/aromatic N) is 2. The predicted octanol–water partition coefficient (Wildman–Crippen LogP) is 10.6. The first kappa shape index (κ1) is 25.4. The average molecular weight is 551 g/mol. The molecule has 0 saturated carbocycles. The van der Waals surface area contributed by atoms with Gasteiger partial charge in [0.15, 0.2) is 5.82 Å². The van der Waals surface area contributed by atoms with Crippen molar-refractivity contribution in [3.05, 3.63) is 157 Å². The van der Waals surface area contributed by atoms with Crippen LogP contribution < -0.4 is 0 Å². The van der Waals surface area contributed by atoms with E-state index in [4.69, 9.17) is 9.97 Å². The molecule has 2 nitrogen and oxygen atoms in total. The molecule has 0 N–H and O–H groups in total. The summed E-state index contributed by atoms with van der Waals surface area (Å²) in [5.41, 5.74) is 12.6. The zero-order chi connectivity index (χ0) is 29.0. The summed E-state index contributed by atoms with van der Waals surface area (Å²) in [6.07, 6.45) is 0. The minimum Gasteiger partial charge on any atom is -0.228 e. The van der Waals surface area contributed by atoms with Crippen molar-refractivity contribution in [3.8, 4) is 56.2 Å². The van der Waals surface area contributed by atoms with Crippen molar-refractivity contribution in [2.75, 3.05) is 0 Å². The van der Waals surface area contributed by atoms with Crippen LogP contribution in [-0.2, 0) is 5.41 Å². The van der Waals surface area contributed by atoms with Crippen LogP contribution in [-0.4, -0.2) is 9.97 Å². The average Bonchev–Trinajstić information content (AvgIpc) is 3.32. The third kappa shape index (κ3) is 4.18. The molecule has 1 aliphatic rings. The highest BCUT2D eigenvalue weighted by Crippen LogP contribution is 2.54. The van der Waals surface area contributed by atoms with Gasteiger partial charge in [-0.1, -0.05) is 153 Å². The van der Waals surface area contributed by atoms with Crippen LogP contribution in [0.2, 0.25) is 0 Å².